The number of hydrogen-bond donors (Lipinski definition) is 2. The van der Waals surface area contributed by atoms with Crippen molar-refractivity contribution in [3.63, 3.8) is 0 Å². The Morgan fingerprint density at radius 3 is 2.38 bits per heavy atom. The number of carboxylic acid groups (broad SMARTS) is 1. The second-order valence-corrected chi connectivity index (χ2v) is 7.38. The first-order chi connectivity index (χ1) is 10.8. The van der Waals surface area contributed by atoms with Crippen LogP contribution in [-0.4, -0.2) is 25.0 Å². The zero-order valence-corrected chi connectivity index (χ0v) is 13.6. The summed E-state index contributed by atoms with van der Waals surface area (Å²) in [4.78, 5) is 10.1. The lowest BCUT2D eigenvalue weighted by atomic mass is 10.0. The molecule has 0 aliphatic heterocycles. The Bertz CT molecular complexity index is 780. The van der Waals surface area contributed by atoms with Crippen molar-refractivity contribution in [1.82, 2.24) is 4.72 Å². The van der Waals surface area contributed by atoms with E-state index in [1.165, 1.54) is 19.9 Å². The fraction of sp³-hybridized carbons (Fsp3) is 0.429. The largest absolute Gasteiger partial charge is 0.481 e. The first-order valence-corrected chi connectivity index (χ1v) is 8.14. The maximum Gasteiger partial charge on any atom is 0.417 e. The highest BCUT2D eigenvalue weighted by Crippen LogP contribution is 2.33. The molecule has 0 aliphatic carbocycles. The topological polar surface area (TPSA) is 107 Å². The third kappa shape index (κ3) is 5.21. The third-order valence-corrected chi connectivity index (χ3v) is 4.80. The van der Waals surface area contributed by atoms with Gasteiger partial charge < -0.3 is 5.11 Å². The van der Waals surface area contributed by atoms with Crippen molar-refractivity contribution < 1.29 is 31.5 Å². The molecule has 0 saturated carbocycles. The SMILES string of the molecule is CC(C)(CCC(=O)O)NS(=O)(=O)c1ccc(C(F)(F)F)c(C#N)c1. The molecule has 132 valence electrons. The number of carboxylic acids is 1. The van der Waals surface area contributed by atoms with Gasteiger partial charge in [0, 0.05) is 12.0 Å². The van der Waals surface area contributed by atoms with Crippen LogP contribution >= 0.6 is 0 Å². The van der Waals surface area contributed by atoms with Crippen LogP contribution in [0.25, 0.3) is 0 Å². The Labute approximate surface area is 137 Å². The lowest BCUT2D eigenvalue weighted by Gasteiger charge is -2.25. The van der Waals surface area contributed by atoms with Crippen LogP contribution in [-0.2, 0) is 21.0 Å². The molecule has 0 unspecified atom stereocenters. The van der Waals surface area contributed by atoms with Crippen molar-refractivity contribution in [2.75, 3.05) is 0 Å². The maximum atomic E-state index is 12.7. The van der Waals surface area contributed by atoms with Gasteiger partial charge in [-0.3, -0.25) is 4.79 Å². The summed E-state index contributed by atoms with van der Waals surface area (Å²) < 4.78 is 65.0. The number of halogens is 3. The van der Waals surface area contributed by atoms with Crippen LogP contribution in [0.1, 0.15) is 37.8 Å². The number of aliphatic carboxylic acids is 1. The summed E-state index contributed by atoms with van der Waals surface area (Å²) in [5.41, 5.74) is -3.17. The molecule has 1 aromatic carbocycles. The minimum atomic E-state index is -4.78. The smallest absolute Gasteiger partial charge is 0.417 e. The van der Waals surface area contributed by atoms with Gasteiger partial charge in [-0.05, 0) is 38.5 Å². The fourth-order valence-electron chi connectivity index (χ4n) is 1.92. The molecule has 0 spiro atoms. The highest BCUT2D eigenvalue weighted by molar-refractivity contribution is 7.89. The van der Waals surface area contributed by atoms with E-state index in [4.69, 9.17) is 10.4 Å². The number of sulfonamides is 1. The van der Waals surface area contributed by atoms with Crippen molar-refractivity contribution in [1.29, 1.82) is 5.26 Å². The summed E-state index contributed by atoms with van der Waals surface area (Å²) in [5, 5.41) is 17.5. The van der Waals surface area contributed by atoms with Crippen molar-refractivity contribution in [3.8, 4) is 6.07 Å². The summed E-state index contributed by atoms with van der Waals surface area (Å²) >= 11 is 0. The molecule has 0 fully saturated rings. The Balaban J connectivity index is 3.16. The van der Waals surface area contributed by atoms with Crippen LogP contribution in [0.5, 0.6) is 0 Å². The minimum Gasteiger partial charge on any atom is -0.481 e. The molecule has 0 saturated heterocycles. The highest BCUT2D eigenvalue weighted by Gasteiger charge is 2.35. The van der Waals surface area contributed by atoms with Crippen molar-refractivity contribution in [3.05, 3.63) is 29.3 Å². The summed E-state index contributed by atoms with van der Waals surface area (Å²) in [6.45, 7) is 2.89. The number of nitriles is 1. The maximum absolute atomic E-state index is 12.7. The van der Waals surface area contributed by atoms with E-state index in [1.807, 2.05) is 0 Å². The van der Waals surface area contributed by atoms with Crippen LogP contribution in [0.15, 0.2) is 23.1 Å². The van der Waals surface area contributed by atoms with Crippen molar-refractivity contribution in [2.45, 2.75) is 43.3 Å². The van der Waals surface area contributed by atoms with E-state index in [9.17, 15) is 26.4 Å². The number of rotatable bonds is 6. The molecular formula is C14H15F3N2O4S. The second-order valence-electron chi connectivity index (χ2n) is 5.70. The van der Waals surface area contributed by atoms with E-state index in [-0.39, 0.29) is 12.8 Å². The van der Waals surface area contributed by atoms with Crippen LogP contribution in [0.4, 0.5) is 13.2 Å². The molecule has 0 bridgehead atoms. The lowest BCUT2D eigenvalue weighted by Crippen LogP contribution is -2.43. The van der Waals surface area contributed by atoms with Gasteiger partial charge in [0.15, 0.2) is 0 Å². The van der Waals surface area contributed by atoms with E-state index in [1.54, 1.807) is 0 Å². The molecule has 0 radical (unpaired) electrons. The van der Waals surface area contributed by atoms with Crippen LogP contribution < -0.4 is 4.72 Å². The average Bonchev–Trinajstić information content (AvgIpc) is 2.42. The predicted octanol–water partition coefficient (Wildman–Crippen LogP) is 2.50. The first-order valence-electron chi connectivity index (χ1n) is 6.66. The zero-order valence-electron chi connectivity index (χ0n) is 12.8. The van der Waals surface area contributed by atoms with Gasteiger partial charge in [-0.15, -0.1) is 0 Å². The number of alkyl halides is 3. The molecule has 2 N–H and O–H groups in total. The predicted molar refractivity (Wildman–Crippen MR) is 77.4 cm³/mol. The van der Waals surface area contributed by atoms with Crippen LogP contribution in [0, 0.1) is 11.3 Å². The Morgan fingerprint density at radius 2 is 1.92 bits per heavy atom. The molecule has 0 heterocycles. The van der Waals surface area contributed by atoms with E-state index in [2.05, 4.69) is 4.72 Å². The van der Waals surface area contributed by atoms with Crippen LogP contribution in [0.3, 0.4) is 0 Å². The molecule has 24 heavy (non-hydrogen) atoms. The van der Waals surface area contributed by atoms with Gasteiger partial charge in [0.25, 0.3) is 0 Å². The number of carbonyl (C=O) groups is 1. The first kappa shape index (κ1) is 19.9. The van der Waals surface area contributed by atoms with E-state index in [0.717, 1.165) is 6.07 Å². The van der Waals surface area contributed by atoms with Gasteiger partial charge in [0.2, 0.25) is 10.0 Å². The van der Waals surface area contributed by atoms with E-state index in [0.29, 0.717) is 12.1 Å². The van der Waals surface area contributed by atoms with Gasteiger partial charge in [0.1, 0.15) is 0 Å². The van der Waals surface area contributed by atoms with Gasteiger partial charge in [-0.25, -0.2) is 13.1 Å². The molecule has 0 amide bonds. The standard InChI is InChI=1S/C14H15F3N2O4S/c1-13(2,6-5-12(20)21)19-24(22,23)10-3-4-11(14(15,16)17)9(7-10)8-18/h3-4,7,19H,5-6H2,1-2H3,(H,20,21). The second kappa shape index (κ2) is 6.78. The summed E-state index contributed by atoms with van der Waals surface area (Å²) in [7, 11) is -4.22. The van der Waals surface area contributed by atoms with Gasteiger partial charge in [0.05, 0.1) is 22.1 Å². The molecule has 0 atom stereocenters. The molecular weight excluding hydrogens is 349 g/mol. The van der Waals surface area contributed by atoms with Gasteiger partial charge in [-0.1, -0.05) is 0 Å². The molecule has 10 heteroatoms. The zero-order chi connectivity index (χ0) is 18.8. The minimum absolute atomic E-state index is 0.0205. The Hall–Kier alpha value is -2.12. The van der Waals surface area contributed by atoms with E-state index < -0.39 is 43.7 Å². The average molecular weight is 364 g/mol. The fourth-order valence-corrected chi connectivity index (χ4v) is 3.39. The highest BCUT2D eigenvalue weighted by atomic mass is 32.2. The lowest BCUT2D eigenvalue weighted by molar-refractivity contribution is -0.138. The van der Waals surface area contributed by atoms with Gasteiger partial charge >= 0.3 is 12.1 Å². The van der Waals surface area contributed by atoms with Gasteiger partial charge in [-0.2, -0.15) is 18.4 Å². The van der Waals surface area contributed by atoms with Crippen LogP contribution in [0.2, 0.25) is 0 Å². The molecule has 1 aromatic rings. The summed E-state index contributed by atoms with van der Waals surface area (Å²) in [5.74, 6) is -1.11. The number of hydrogen-bond acceptors (Lipinski definition) is 4. The Morgan fingerprint density at radius 1 is 1.33 bits per heavy atom. The Kier molecular flexibility index (Phi) is 5.63. The quantitative estimate of drug-likeness (QED) is 0.806. The monoisotopic (exact) mass is 364 g/mol. The van der Waals surface area contributed by atoms with Crippen molar-refractivity contribution >= 4 is 16.0 Å². The molecule has 0 aliphatic rings. The molecule has 1 rings (SSSR count). The summed E-state index contributed by atoms with van der Waals surface area (Å²) in [6, 6.07) is 3.24. The normalized spacial score (nSPS) is 12.7. The third-order valence-electron chi connectivity index (χ3n) is 3.10. The number of nitrogens with one attached hydrogen (secondary N) is 1. The van der Waals surface area contributed by atoms with E-state index >= 15 is 0 Å². The number of nitrogens with zero attached hydrogens (tertiary/aromatic N) is 1. The molecule has 0 aromatic heterocycles. The summed E-state index contributed by atoms with van der Waals surface area (Å²) in [6.07, 6.45) is -5.08. The van der Waals surface area contributed by atoms with Crippen molar-refractivity contribution in [2.24, 2.45) is 0 Å². The molecule has 6 nitrogen and oxygen atoms in total. The number of benzene rings is 1.